The van der Waals surface area contributed by atoms with Gasteiger partial charge in [0.1, 0.15) is 6.61 Å². The molecule has 0 amide bonds. The van der Waals surface area contributed by atoms with Gasteiger partial charge in [-0.05, 0) is 36.4 Å². The maximum absolute atomic E-state index is 12.4. The number of carbonyl (C=O) groups is 1. The smallest absolute Gasteiger partial charge is 0.378 e. The zero-order valence-corrected chi connectivity index (χ0v) is 14.3. The van der Waals surface area contributed by atoms with Crippen LogP contribution < -0.4 is 0 Å². The van der Waals surface area contributed by atoms with Gasteiger partial charge in [0.05, 0.1) is 16.7 Å². The third-order valence-corrected chi connectivity index (χ3v) is 4.82. The predicted molar refractivity (Wildman–Crippen MR) is 93.9 cm³/mol. The Labute approximate surface area is 149 Å². The molecule has 1 aliphatic rings. The summed E-state index contributed by atoms with van der Waals surface area (Å²) in [5.74, 6) is 0.165. The van der Waals surface area contributed by atoms with Crippen molar-refractivity contribution in [2.75, 3.05) is 13.2 Å². The van der Waals surface area contributed by atoms with Crippen LogP contribution in [0.25, 0.3) is 16.4 Å². The minimum absolute atomic E-state index is 0.0167. The number of rotatable bonds is 5. The Morgan fingerprint density at radius 3 is 2.88 bits per heavy atom. The molecule has 1 fully saturated rings. The molecular formula is C18H17N3O3S. The van der Waals surface area contributed by atoms with E-state index in [-0.39, 0.29) is 18.5 Å². The number of carbonyl (C=O) groups excluding carboxylic acids is 1. The van der Waals surface area contributed by atoms with Crippen molar-refractivity contribution in [1.29, 1.82) is 0 Å². The maximum Gasteiger partial charge on any atom is 0.378 e. The minimum atomic E-state index is -0.525. The molecule has 1 saturated heterocycles. The third-order valence-electron chi connectivity index (χ3n) is 3.96. The van der Waals surface area contributed by atoms with Gasteiger partial charge in [-0.2, -0.15) is 4.98 Å². The van der Waals surface area contributed by atoms with Crippen molar-refractivity contribution in [1.82, 2.24) is 14.8 Å². The first-order valence-corrected chi connectivity index (χ1v) is 9.04. The van der Waals surface area contributed by atoms with Crippen LogP contribution in [0.1, 0.15) is 23.5 Å². The number of esters is 1. The number of ether oxygens (including phenoxy) is 2. The summed E-state index contributed by atoms with van der Waals surface area (Å²) in [4.78, 5) is 17.7. The fraction of sp³-hybridized carbons (Fsp3) is 0.278. The molecule has 0 saturated carbocycles. The van der Waals surface area contributed by atoms with E-state index in [1.807, 2.05) is 47.8 Å². The predicted octanol–water partition coefficient (Wildman–Crippen LogP) is 3.33. The monoisotopic (exact) mass is 355 g/mol. The van der Waals surface area contributed by atoms with Crippen molar-refractivity contribution in [3.8, 4) is 16.4 Å². The van der Waals surface area contributed by atoms with Gasteiger partial charge < -0.3 is 9.47 Å². The van der Waals surface area contributed by atoms with Gasteiger partial charge in [-0.15, -0.1) is 16.4 Å². The Morgan fingerprint density at radius 2 is 2.16 bits per heavy atom. The average Bonchev–Trinajstić information content (AvgIpc) is 3.41. The molecule has 128 valence electrons. The van der Waals surface area contributed by atoms with E-state index < -0.39 is 5.97 Å². The number of benzene rings is 1. The highest BCUT2D eigenvalue weighted by Gasteiger charge is 2.23. The molecule has 0 spiro atoms. The van der Waals surface area contributed by atoms with Gasteiger partial charge in [-0.1, -0.05) is 24.3 Å². The molecule has 25 heavy (non-hydrogen) atoms. The van der Waals surface area contributed by atoms with Crippen LogP contribution >= 0.6 is 11.3 Å². The van der Waals surface area contributed by atoms with Crippen LogP contribution in [0.2, 0.25) is 0 Å². The standard InChI is InChI=1S/C18H17N3O3S/c22-18(24-12-14-8-4-10-23-14)16-19-17(15-9-5-11-25-15)21(20-16)13-6-2-1-3-7-13/h1-3,5-7,9,11,14H,4,8,10,12H2/t14-/m1/s1. The topological polar surface area (TPSA) is 66.2 Å². The van der Waals surface area contributed by atoms with Crippen LogP contribution in [0.3, 0.4) is 0 Å². The summed E-state index contributed by atoms with van der Waals surface area (Å²) in [6.45, 7) is 0.971. The Balaban J connectivity index is 1.61. The Kier molecular flexibility index (Phi) is 4.58. The molecule has 0 N–H and O–H groups in total. The van der Waals surface area contributed by atoms with Gasteiger partial charge in [-0.3, -0.25) is 0 Å². The zero-order chi connectivity index (χ0) is 17.1. The van der Waals surface area contributed by atoms with Crippen molar-refractivity contribution in [2.24, 2.45) is 0 Å². The van der Waals surface area contributed by atoms with E-state index in [2.05, 4.69) is 10.1 Å². The number of hydrogen-bond donors (Lipinski definition) is 0. The highest BCUT2D eigenvalue weighted by Crippen LogP contribution is 2.25. The summed E-state index contributed by atoms with van der Waals surface area (Å²) in [6, 6.07) is 13.5. The van der Waals surface area contributed by atoms with E-state index in [0.717, 1.165) is 30.0 Å². The van der Waals surface area contributed by atoms with Crippen molar-refractivity contribution in [3.05, 3.63) is 53.7 Å². The molecule has 3 aromatic rings. The van der Waals surface area contributed by atoms with Crippen LogP contribution in [-0.4, -0.2) is 40.1 Å². The second-order valence-electron chi connectivity index (χ2n) is 5.72. The summed E-state index contributed by atoms with van der Waals surface area (Å²) in [5, 5.41) is 6.35. The molecular weight excluding hydrogens is 338 g/mol. The maximum atomic E-state index is 12.4. The van der Waals surface area contributed by atoms with E-state index in [0.29, 0.717) is 5.82 Å². The molecule has 3 heterocycles. The molecule has 0 unspecified atom stereocenters. The number of hydrogen-bond acceptors (Lipinski definition) is 6. The lowest BCUT2D eigenvalue weighted by Gasteiger charge is -2.08. The van der Waals surface area contributed by atoms with E-state index in [4.69, 9.17) is 9.47 Å². The Morgan fingerprint density at radius 1 is 1.28 bits per heavy atom. The van der Waals surface area contributed by atoms with Crippen LogP contribution in [0.15, 0.2) is 47.8 Å². The first-order valence-electron chi connectivity index (χ1n) is 8.16. The Hall–Kier alpha value is -2.51. The lowest BCUT2D eigenvalue weighted by Crippen LogP contribution is -2.18. The van der Waals surface area contributed by atoms with Crippen LogP contribution in [0, 0.1) is 0 Å². The van der Waals surface area contributed by atoms with Crippen molar-refractivity contribution in [2.45, 2.75) is 18.9 Å². The summed E-state index contributed by atoms with van der Waals surface area (Å²) < 4.78 is 12.5. The fourth-order valence-corrected chi connectivity index (χ4v) is 3.42. The van der Waals surface area contributed by atoms with E-state index in [9.17, 15) is 4.79 Å². The molecule has 6 nitrogen and oxygen atoms in total. The summed E-state index contributed by atoms with van der Waals surface area (Å²) in [7, 11) is 0. The van der Waals surface area contributed by atoms with Crippen molar-refractivity contribution in [3.63, 3.8) is 0 Å². The van der Waals surface area contributed by atoms with Gasteiger partial charge in [0.15, 0.2) is 5.82 Å². The van der Waals surface area contributed by atoms with E-state index >= 15 is 0 Å². The summed E-state index contributed by atoms with van der Waals surface area (Å²) in [6.07, 6.45) is 1.91. The quantitative estimate of drug-likeness (QED) is 0.657. The average molecular weight is 355 g/mol. The number of para-hydroxylation sites is 1. The van der Waals surface area contributed by atoms with Crippen LogP contribution in [0.5, 0.6) is 0 Å². The molecule has 0 bridgehead atoms. The fourth-order valence-electron chi connectivity index (χ4n) is 2.72. The zero-order valence-electron chi connectivity index (χ0n) is 13.5. The van der Waals surface area contributed by atoms with Crippen LogP contribution in [0.4, 0.5) is 0 Å². The van der Waals surface area contributed by atoms with Crippen molar-refractivity contribution < 1.29 is 14.3 Å². The number of aromatic nitrogens is 3. The van der Waals surface area contributed by atoms with E-state index in [1.54, 1.807) is 16.0 Å². The molecule has 0 radical (unpaired) electrons. The summed E-state index contributed by atoms with van der Waals surface area (Å²) in [5.41, 5.74) is 0.844. The third kappa shape index (κ3) is 3.47. The highest BCUT2D eigenvalue weighted by molar-refractivity contribution is 7.13. The molecule has 2 aromatic heterocycles. The molecule has 7 heteroatoms. The number of nitrogens with zero attached hydrogens (tertiary/aromatic N) is 3. The molecule has 1 atom stereocenters. The highest BCUT2D eigenvalue weighted by atomic mass is 32.1. The normalized spacial score (nSPS) is 16.9. The van der Waals surface area contributed by atoms with Crippen LogP contribution in [-0.2, 0) is 9.47 Å². The Bertz CT molecular complexity index is 840. The van der Waals surface area contributed by atoms with Gasteiger partial charge in [0.25, 0.3) is 5.82 Å². The second kappa shape index (κ2) is 7.16. The molecule has 0 aliphatic carbocycles. The minimum Gasteiger partial charge on any atom is -0.457 e. The van der Waals surface area contributed by atoms with Crippen molar-refractivity contribution >= 4 is 17.3 Å². The van der Waals surface area contributed by atoms with Gasteiger partial charge >= 0.3 is 5.97 Å². The van der Waals surface area contributed by atoms with Gasteiger partial charge in [0, 0.05) is 6.61 Å². The summed E-state index contributed by atoms with van der Waals surface area (Å²) >= 11 is 1.55. The second-order valence-corrected chi connectivity index (χ2v) is 6.66. The number of thiophene rings is 1. The van der Waals surface area contributed by atoms with E-state index in [1.165, 1.54) is 0 Å². The molecule has 4 rings (SSSR count). The first kappa shape index (κ1) is 16.0. The van der Waals surface area contributed by atoms with Gasteiger partial charge in [-0.25, -0.2) is 9.48 Å². The largest absolute Gasteiger partial charge is 0.457 e. The molecule has 1 aliphatic heterocycles. The lowest BCUT2D eigenvalue weighted by molar-refractivity contribution is 0.0151. The SMILES string of the molecule is O=C(OC[C@H]1CCCO1)c1nc(-c2cccs2)n(-c2ccccc2)n1. The molecule has 1 aromatic carbocycles. The first-order chi connectivity index (χ1) is 12.3. The van der Waals surface area contributed by atoms with Gasteiger partial charge in [0.2, 0.25) is 0 Å². The lowest BCUT2D eigenvalue weighted by atomic mass is 10.2.